The third kappa shape index (κ3) is 2.68. The lowest BCUT2D eigenvalue weighted by molar-refractivity contribution is -0.171. The normalized spacial score (nSPS) is 32.2. The molecule has 0 N–H and O–H groups in total. The molecule has 1 unspecified atom stereocenters. The maximum absolute atomic E-state index is 6.55. The molecule has 0 aliphatic heterocycles. The molecule has 1 fully saturated rings. The number of hydrogen-bond donors (Lipinski definition) is 0. The van der Waals surface area contributed by atoms with Gasteiger partial charge in [0.25, 0.3) is 0 Å². The van der Waals surface area contributed by atoms with Crippen LogP contribution in [-0.4, -0.2) is 14.9 Å². The van der Waals surface area contributed by atoms with Crippen molar-refractivity contribution < 1.29 is 4.43 Å². The second-order valence-electron chi connectivity index (χ2n) is 10.7. The van der Waals surface area contributed by atoms with Crippen LogP contribution < -0.4 is 0 Å². The van der Waals surface area contributed by atoms with Gasteiger partial charge in [0.05, 0.1) is 6.61 Å². The summed E-state index contributed by atoms with van der Waals surface area (Å²) in [6, 6.07) is 0. The van der Waals surface area contributed by atoms with Crippen molar-refractivity contribution in [2.24, 2.45) is 21.7 Å². The smallest absolute Gasteiger partial charge is 0.193 e. The van der Waals surface area contributed by atoms with Crippen LogP contribution in [0.3, 0.4) is 0 Å². The molecule has 2 heteroatoms. The summed E-state index contributed by atoms with van der Waals surface area (Å²) in [5.41, 5.74) is 1.00. The van der Waals surface area contributed by atoms with Crippen molar-refractivity contribution in [1.82, 2.24) is 0 Å². The highest BCUT2D eigenvalue weighted by Gasteiger charge is 2.70. The van der Waals surface area contributed by atoms with E-state index >= 15 is 0 Å². The van der Waals surface area contributed by atoms with Crippen LogP contribution in [0.15, 0.2) is 12.2 Å². The number of hydrogen-bond acceptors (Lipinski definition) is 1. The van der Waals surface area contributed by atoms with Gasteiger partial charge in [-0.15, -0.1) is 0 Å². The van der Waals surface area contributed by atoms with Crippen molar-refractivity contribution in [3.05, 3.63) is 12.2 Å². The van der Waals surface area contributed by atoms with Crippen molar-refractivity contribution >= 4 is 8.32 Å². The predicted molar refractivity (Wildman–Crippen MR) is 106 cm³/mol. The van der Waals surface area contributed by atoms with Gasteiger partial charge in [-0.05, 0) is 53.1 Å². The SMILES string of the molecule is CC=CCO[Si](C)(C)C1(C)CC(C)(C)C(C)(C)C(C)(C)C1(C)C. The zero-order valence-corrected chi connectivity index (χ0v) is 19.0. The van der Waals surface area contributed by atoms with Crippen molar-refractivity contribution in [3.63, 3.8) is 0 Å². The summed E-state index contributed by atoms with van der Waals surface area (Å²) in [6.07, 6.45) is 5.47. The molecule has 1 aliphatic carbocycles. The van der Waals surface area contributed by atoms with E-state index in [1.54, 1.807) is 0 Å². The lowest BCUT2D eigenvalue weighted by atomic mass is 9.38. The zero-order valence-electron chi connectivity index (χ0n) is 18.0. The van der Waals surface area contributed by atoms with E-state index < -0.39 is 8.32 Å². The van der Waals surface area contributed by atoms with Gasteiger partial charge in [0.1, 0.15) is 0 Å². The molecule has 0 amide bonds. The van der Waals surface area contributed by atoms with E-state index in [9.17, 15) is 0 Å². The molecule has 1 aliphatic rings. The fraction of sp³-hybridized carbons (Fsp3) is 0.905. The van der Waals surface area contributed by atoms with Crippen molar-refractivity contribution in [3.8, 4) is 0 Å². The Morgan fingerprint density at radius 3 is 1.74 bits per heavy atom. The van der Waals surface area contributed by atoms with Gasteiger partial charge in [0.2, 0.25) is 0 Å². The Kier molecular flexibility index (Phi) is 5.22. The summed E-state index contributed by atoms with van der Waals surface area (Å²) in [5.74, 6) is 0. The second-order valence-corrected chi connectivity index (χ2v) is 15.1. The van der Waals surface area contributed by atoms with Crippen molar-refractivity contribution in [2.45, 2.75) is 93.8 Å². The third-order valence-corrected chi connectivity index (χ3v) is 13.4. The summed E-state index contributed by atoms with van der Waals surface area (Å²) in [6.45, 7) is 30.1. The summed E-state index contributed by atoms with van der Waals surface area (Å²) in [5, 5.41) is 0.226. The number of allylic oxidation sites excluding steroid dienone is 1. The van der Waals surface area contributed by atoms with Crippen molar-refractivity contribution in [2.75, 3.05) is 6.61 Å². The molecule has 0 saturated heterocycles. The first-order valence-electron chi connectivity index (χ1n) is 9.27. The van der Waals surface area contributed by atoms with Gasteiger partial charge < -0.3 is 4.43 Å². The van der Waals surface area contributed by atoms with Crippen LogP contribution in [0.1, 0.15) is 75.7 Å². The molecular formula is C21H42OSi. The Morgan fingerprint density at radius 2 is 1.30 bits per heavy atom. The predicted octanol–water partition coefficient (Wildman–Crippen LogP) is 7.05. The molecule has 0 aromatic rings. The highest BCUT2D eigenvalue weighted by Crippen LogP contribution is 2.76. The van der Waals surface area contributed by atoms with E-state index in [1.807, 2.05) is 0 Å². The molecule has 1 saturated carbocycles. The van der Waals surface area contributed by atoms with Gasteiger partial charge in [-0.1, -0.05) is 74.5 Å². The van der Waals surface area contributed by atoms with Gasteiger partial charge in [0.15, 0.2) is 8.32 Å². The third-order valence-electron chi connectivity index (χ3n) is 9.10. The average Bonchev–Trinajstić information content (AvgIpc) is 2.36. The zero-order chi connectivity index (χ0) is 18.5. The maximum Gasteiger partial charge on any atom is 0.193 e. The van der Waals surface area contributed by atoms with Crippen LogP contribution in [0.4, 0.5) is 0 Å². The molecule has 0 radical (unpaired) electrons. The summed E-state index contributed by atoms with van der Waals surface area (Å²) >= 11 is 0. The Hall–Kier alpha value is -0.0831. The molecule has 1 nitrogen and oxygen atoms in total. The van der Waals surface area contributed by atoms with Crippen molar-refractivity contribution in [1.29, 1.82) is 0 Å². The number of rotatable bonds is 4. The Bertz CT molecular complexity index is 468. The first kappa shape index (κ1) is 21.0. The molecule has 0 aromatic carbocycles. The van der Waals surface area contributed by atoms with Crippen LogP contribution in [0, 0.1) is 21.7 Å². The highest BCUT2D eigenvalue weighted by atomic mass is 28.4. The van der Waals surface area contributed by atoms with E-state index in [2.05, 4.69) is 94.5 Å². The van der Waals surface area contributed by atoms with E-state index in [1.165, 1.54) is 6.42 Å². The van der Waals surface area contributed by atoms with Gasteiger partial charge in [-0.25, -0.2) is 0 Å². The highest BCUT2D eigenvalue weighted by molar-refractivity contribution is 6.74. The minimum absolute atomic E-state index is 0.213. The van der Waals surface area contributed by atoms with Crippen LogP contribution in [0.5, 0.6) is 0 Å². The quantitative estimate of drug-likeness (QED) is 0.394. The molecule has 0 spiro atoms. The lowest BCUT2D eigenvalue weighted by Crippen LogP contribution is -2.67. The van der Waals surface area contributed by atoms with Crippen LogP contribution in [-0.2, 0) is 4.43 Å². The van der Waals surface area contributed by atoms with Gasteiger partial charge in [-0.2, -0.15) is 0 Å². The lowest BCUT2D eigenvalue weighted by Gasteiger charge is -2.72. The monoisotopic (exact) mass is 338 g/mol. The first-order valence-corrected chi connectivity index (χ1v) is 12.2. The van der Waals surface area contributed by atoms with E-state index in [4.69, 9.17) is 4.43 Å². The Labute approximate surface area is 147 Å². The average molecular weight is 339 g/mol. The minimum Gasteiger partial charge on any atom is -0.413 e. The molecule has 136 valence electrons. The largest absolute Gasteiger partial charge is 0.413 e. The standard InChI is InChI=1S/C21H42OSi/c1-13-14-15-22-23(11,12)21(10)16-17(2,3)18(4,5)19(6,7)20(21,8)9/h13-14H,15-16H2,1-12H3. The molecular weight excluding hydrogens is 296 g/mol. The van der Waals surface area contributed by atoms with Crippen LogP contribution >= 0.6 is 0 Å². The van der Waals surface area contributed by atoms with E-state index in [-0.39, 0.29) is 26.7 Å². The second kappa shape index (κ2) is 5.73. The molecule has 0 heterocycles. The fourth-order valence-electron chi connectivity index (χ4n) is 5.12. The van der Waals surface area contributed by atoms with Crippen LogP contribution in [0.2, 0.25) is 18.1 Å². The summed E-state index contributed by atoms with van der Waals surface area (Å²) in [4.78, 5) is 0. The minimum atomic E-state index is -1.89. The van der Waals surface area contributed by atoms with E-state index in [0.29, 0.717) is 0 Å². The molecule has 1 rings (SSSR count). The summed E-state index contributed by atoms with van der Waals surface area (Å²) in [7, 11) is -1.89. The van der Waals surface area contributed by atoms with Gasteiger partial charge in [0, 0.05) is 0 Å². The summed E-state index contributed by atoms with van der Waals surface area (Å²) < 4.78 is 6.55. The molecule has 0 aromatic heterocycles. The fourth-order valence-corrected chi connectivity index (χ4v) is 8.64. The van der Waals surface area contributed by atoms with E-state index in [0.717, 1.165) is 6.61 Å². The van der Waals surface area contributed by atoms with Gasteiger partial charge >= 0.3 is 0 Å². The molecule has 23 heavy (non-hydrogen) atoms. The van der Waals surface area contributed by atoms with Crippen LogP contribution in [0.25, 0.3) is 0 Å². The molecule has 0 bridgehead atoms. The topological polar surface area (TPSA) is 9.23 Å². The molecule has 1 atom stereocenters. The maximum atomic E-state index is 6.55. The van der Waals surface area contributed by atoms with Gasteiger partial charge in [-0.3, -0.25) is 0 Å². The first-order chi connectivity index (χ1) is 10.0. The Morgan fingerprint density at radius 1 is 0.826 bits per heavy atom. The Balaban J connectivity index is 3.45.